The number of anilines is 1. The van der Waals surface area contributed by atoms with Crippen LogP contribution in [0.4, 0.5) is 18.6 Å². The van der Waals surface area contributed by atoms with Gasteiger partial charge in [-0.3, -0.25) is 5.32 Å². The SMILES string of the molecule is CC(C)(C)OC(=O)Nc1sc2c(F)cc(F)c(B3OC(C)(C)C(C)(C)O3)c2c1C#N. The molecular weight excluding hydrogens is 413 g/mol. The van der Waals surface area contributed by atoms with Crippen LogP contribution in [0, 0.1) is 23.0 Å². The van der Waals surface area contributed by atoms with Gasteiger partial charge in [0.1, 0.15) is 28.3 Å². The van der Waals surface area contributed by atoms with Crippen LogP contribution >= 0.6 is 11.3 Å². The second-order valence-electron chi connectivity index (χ2n) is 9.09. The summed E-state index contributed by atoms with van der Waals surface area (Å²) in [7, 11) is -1.14. The molecule has 0 radical (unpaired) electrons. The first-order valence-corrected chi connectivity index (χ1v) is 10.2. The Morgan fingerprint density at radius 1 is 1.20 bits per heavy atom. The van der Waals surface area contributed by atoms with E-state index in [1.807, 2.05) is 6.07 Å². The van der Waals surface area contributed by atoms with Gasteiger partial charge in [0.05, 0.1) is 21.5 Å². The fourth-order valence-corrected chi connectivity index (χ4v) is 4.07. The van der Waals surface area contributed by atoms with Gasteiger partial charge in [0, 0.05) is 16.9 Å². The van der Waals surface area contributed by atoms with E-state index < -0.39 is 41.6 Å². The van der Waals surface area contributed by atoms with E-state index in [0.717, 1.165) is 17.4 Å². The zero-order chi connectivity index (χ0) is 22.6. The van der Waals surface area contributed by atoms with Crippen molar-refractivity contribution < 1.29 is 27.6 Å². The molecule has 0 aliphatic carbocycles. The second kappa shape index (κ2) is 7.19. The van der Waals surface area contributed by atoms with Crippen LogP contribution < -0.4 is 10.8 Å². The number of hydrogen-bond acceptors (Lipinski definition) is 6. The third-order valence-electron chi connectivity index (χ3n) is 5.12. The number of carbonyl (C=O) groups is 1. The molecule has 1 amide bonds. The monoisotopic (exact) mass is 436 g/mol. The number of fused-ring (bicyclic) bond motifs is 1. The summed E-state index contributed by atoms with van der Waals surface area (Å²) in [5, 5.41) is 12.3. The third-order valence-corrected chi connectivity index (χ3v) is 6.23. The van der Waals surface area contributed by atoms with Crippen LogP contribution in [0.25, 0.3) is 10.1 Å². The number of hydrogen-bond donors (Lipinski definition) is 1. The molecule has 0 saturated carbocycles. The summed E-state index contributed by atoms with van der Waals surface area (Å²) in [6.07, 6.45) is -0.802. The van der Waals surface area contributed by atoms with Crippen LogP contribution in [0.5, 0.6) is 0 Å². The molecule has 0 unspecified atom stereocenters. The molecule has 1 aliphatic rings. The normalized spacial score (nSPS) is 17.8. The zero-order valence-electron chi connectivity index (χ0n) is 17.9. The maximum atomic E-state index is 14.9. The number of rotatable bonds is 2. The average Bonchev–Trinajstić information content (AvgIpc) is 2.99. The molecule has 2 heterocycles. The van der Waals surface area contributed by atoms with E-state index >= 15 is 0 Å². The number of halogens is 2. The third kappa shape index (κ3) is 3.89. The highest BCUT2D eigenvalue weighted by atomic mass is 32.1. The first kappa shape index (κ1) is 22.5. The molecule has 0 spiro atoms. The number of carbonyl (C=O) groups excluding carboxylic acids is 1. The molecule has 1 fully saturated rings. The lowest BCUT2D eigenvalue weighted by molar-refractivity contribution is 0.00578. The first-order valence-electron chi connectivity index (χ1n) is 9.37. The summed E-state index contributed by atoms with van der Waals surface area (Å²) in [5.41, 5.74) is -2.44. The Morgan fingerprint density at radius 2 is 1.77 bits per heavy atom. The molecule has 160 valence electrons. The van der Waals surface area contributed by atoms with E-state index in [1.54, 1.807) is 48.5 Å². The number of thiophene rings is 1. The van der Waals surface area contributed by atoms with Crippen LogP contribution in [0.15, 0.2) is 6.07 Å². The lowest BCUT2D eigenvalue weighted by atomic mass is 9.75. The Bertz CT molecular complexity index is 1050. The number of nitrogens with one attached hydrogen (secondary N) is 1. The van der Waals surface area contributed by atoms with Gasteiger partial charge in [-0.05, 0) is 48.5 Å². The quantitative estimate of drug-likeness (QED) is 0.691. The Labute approximate surface area is 178 Å². The number of ether oxygens (including phenoxy) is 1. The molecule has 30 heavy (non-hydrogen) atoms. The molecular formula is C20H23BF2N2O4S. The van der Waals surface area contributed by atoms with Crippen LogP contribution in [0.1, 0.15) is 54.0 Å². The van der Waals surface area contributed by atoms with Crippen LogP contribution in [-0.4, -0.2) is 30.0 Å². The standard InChI is InChI=1S/C20H23BF2N2O4S/c1-18(2,3)27-17(26)25-16-10(9-24)13-14(11(22)8-12(23)15(13)30-16)21-28-19(4,5)20(6,7)29-21/h8H,1-7H3,(H,25,26). The van der Waals surface area contributed by atoms with Crippen LogP contribution in [0.3, 0.4) is 0 Å². The van der Waals surface area contributed by atoms with E-state index in [2.05, 4.69) is 5.32 Å². The van der Waals surface area contributed by atoms with E-state index in [4.69, 9.17) is 14.0 Å². The Kier molecular flexibility index (Phi) is 5.38. The van der Waals surface area contributed by atoms with Crippen LogP contribution in [-0.2, 0) is 14.0 Å². The Morgan fingerprint density at radius 3 is 2.27 bits per heavy atom. The van der Waals surface area contributed by atoms with E-state index in [0.29, 0.717) is 0 Å². The van der Waals surface area contributed by atoms with Crippen molar-refractivity contribution in [2.75, 3.05) is 5.32 Å². The Balaban J connectivity index is 2.15. The maximum absolute atomic E-state index is 14.9. The van der Waals surface area contributed by atoms with Gasteiger partial charge in [-0.2, -0.15) is 5.26 Å². The highest BCUT2D eigenvalue weighted by molar-refractivity contribution is 7.23. The summed E-state index contributed by atoms with van der Waals surface area (Å²) in [6.45, 7) is 12.3. The van der Waals surface area contributed by atoms with E-state index in [9.17, 15) is 18.8 Å². The predicted octanol–water partition coefficient (Wildman–Crippen LogP) is 4.70. The highest BCUT2D eigenvalue weighted by Gasteiger charge is 2.53. The molecule has 1 aromatic heterocycles. The van der Waals surface area contributed by atoms with Crippen molar-refractivity contribution >= 4 is 45.1 Å². The molecule has 1 N–H and O–H groups in total. The summed E-state index contributed by atoms with van der Waals surface area (Å²) in [5.74, 6) is -1.74. The number of amides is 1. The van der Waals surface area contributed by atoms with Crippen molar-refractivity contribution in [3.05, 3.63) is 23.3 Å². The topological polar surface area (TPSA) is 80.6 Å². The lowest BCUT2D eigenvalue weighted by Crippen LogP contribution is -2.41. The predicted molar refractivity (Wildman–Crippen MR) is 112 cm³/mol. The van der Waals surface area contributed by atoms with Gasteiger partial charge in [0.25, 0.3) is 0 Å². The minimum absolute atomic E-state index is 0.0173. The van der Waals surface area contributed by atoms with Crippen LogP contribution in [0.2, 0.25) is 0 Å². The molecule has 6 nitrogen and oxygen atoms in total. The molecule has 1 saturated heterocycles. The Hall–Kier alpha value is -2.22. The second-order valence-corrected chi connectivity index (χ2v) is 10.1. The average molecular weight is 436 g/mol. The van der Waals surface area contributed by atoms with Gasteiger partial charge in [-0.15, -0.1) is 11.3 Å². The molecule has 3 rings (SSSR count). The summed E-state index contributed by atoms with van der Waals surface area (Å²) < 4.78 is 46.6. The number of nitriles is 1. The number of nitrogens with zero attached hydrogens (tertiary/aromatic N) is 1. The fraction of sp³-hybridized carbons (Fsp3) is 0.500. The molecule has 10 heteroatoms. The van der Waals surface area contributed by atoms with Gasteiger partial charge in [-0.25, -0.2) is 13.6 Å². The minimum atomic E-state index is -1.14. The van der Waals surface area contributed by atoms with Gasteiger partial charge in [0.15, 0.2) is 0 Å². The highest BCUT2D eigenvalue weighted by Crippen LogP contribution is 2.41. The largest absolute Gasteiger partial charge is 0.498 e. The molecule has 0 atom stereocenters. The van der Waals surface area contributed by atoms with Gasteiger partial charge in [0.2, 0.25) is 0 Å². The van der Waals surface area contributed by atoms with Crippen molar-refractivity contribution in [3.8, 4) is 6.07 Å². The molecule has 2 aromatic rings. The van der Waals surface area contributed by atoms with Gasteiger partial charge in [-0.1, -0.05) is 0 Å². The van der Waals surface area contributed by atoms with Crippen molar-refractivity contribution in [1.29, 1.82) is 5.26 Å². The van der Waals surface area contributed by atoms with Crippen molar-refractivity contribution in [2.24, 2.45) is 0 Å². The molecule has 0 bridgehead atoms. The molecule has 1 aliphatic heterocycles. The maximum Gasteiger partial charge on any atom is 0.498 e. The number of benzene rings is 1. The summed E-state index contributed by atoms with van der Waals surface area (Å²) in [4.78, 5) is 12.2. The van der Waals surface area contributed by atoms with Crippen molar-refractivity contribution in [3.63, 3.8) is 0 Å². The van der Waals surface area contributed by atoms with Crippen molar-refractivity contribution in [2.45, 2.75) is 65.3 Å². The van der Waals surface area contributed by atoms with Crippen molar-refractivity contribution in [1.82, 2.24) is 0 Å². The minimum Gasteiger partial charge on any atom is -0.444 e. The summed E-state index contributed by atoms with van der Waals surface area (Å²) in [6, 6.07) is 2.68. The lowest BCUT2D eigenvalue weighted by Gasteiger charge is -2.32. The smallest absolute Gasteiger partial charge is 0.444 e. The van der Waals surface area contributed by atoms with Gasteiger partial charge < -0.3 is 14.0 Å². The van der Waals surface area contributed by atoms with E-state index in [1.165, 1.54) is 0 Å². The van der Waals surface area contributed by atoms with Gasteiger partial charge >= 0.3 is 13.2 Å². The molecule has 1 aromatic carbocycles. The summed E-state index contributed by atoms with van der Waals surface area (Å²) >= 11 is 0.824. The van der Waals surface area contributed by atoms with E-state index in [-0.39, 0.29) is 26.1 Å². The zero-order valence-corrected chi connectivity index (χ0v) is 18.7. The fourth-order valence-electron chi connectivity index (χ4n) is 3.01. The first-order chi connectivity index (χ1) is 13.7.